The molecule has 0 spiro atoms. The van der Waals surface area contributed by atoms with Gasteiger partial charge in [-0.15, -0.1) is 0 Å². The molecule has 0 aromatic rings. The molecule has 1 atom stereocenters. The lowest BCUT2D eigenvalue weighted by Gasteiger charge is -2.24. The van der Waals surface area contributed by atoms with Gasteiger partial charge < -0.3 is 14.4 Å². The van der Waals surface area contributed by atoms with Crippen molar-refractivity contribution in [2.75, 3.05) is 20.2 Å². The first kappa shape index (κ1) is 13.7. The van der Waals surface area contributed by atoms with E-state index in [9.17, 15) is 14.0 Å². The Labute approximate surface area is 99.9 Å². The van der Waals surface area contributed by atoms with E-state index < -0.39 is 23.3 Å². The number of likely N-dealkylation sites (tertiary alicyclic amines) is 1. The first-order chi connectivity index (χ1) is 7.68. The minimum absolute atomic E-state index is 0.0566. The minimum atomic E-state index is -2.11. The Kier molecular flexibility index (Phi) is 3.64. The number of esters is 1. The molecule has 1 fully saturated rings. The van der Waals surface area contributed by atoms with Gasteiger partial charge in [0.15, 0.2) is 0 Å². The van der Waals surface area contributed by atoms with E-state index >= 15 is 0 Å². The smallest absolute Gasteiger partial charge is 0.410 e. The van der Waals surface area contributed by atoms with Gasteiger partial charge in [-0.05, 0) is 20.8 Å². The summed E-state index contributed by atoms with van der Waals surface area (Å²) >= 11 is 0. The topological polar surface area (TPSA) is 55.8 Å². The van der Waals surface area contributed by atoms with Crippen molar-refractivity contribution in [2.24, 2.45) is 0 Å². The fourth-order valence-electron chi connectivity index (χ4n) is 1.60. The number of carbonyl (C=O) groups excluding carboxylic acids is 2. The molecular formula is C11H18FNO4. The normalized spacial score (nSPS) is 24.6. The van der Waals surface area contributed by atoms with Crippen molar-refractivity contribution in [1.29, 1.82) is 0 Å². The molecule has 1 amide bonds. The van der Waals surface area contributed by atoms with E-state index in [0.29, 0.717) is 0 Å². The Morgan fingerprint density at radius 1 is 1.35 bits per heavy atom. The molecule has 17 heavy (non-hydrogen) atoms. The van der Waals surface area contributed by atoms with Crippen LogP contribution < -0.4 is 0 Å². The van der Waals surface area contributed by atoms with Gasteiger partial charge in [0, 0.05) is 13.0 Å². The lowest BCUT2D eigenvalue weighted by molar-refractivity contribution is -0.153. The maximum Gasteiger partial charge on any atom is 0.410 e. The van der Waals surface area contributed by atoms with E-state index in [-0.39, 0.29) is 19.5 Å². The Morgan fingerprint density at radius 3 is 2.41 bits per heavy atom. The summed E-state index contributed by atoms with van der Waals surface area (Å²) in [6.45, 7) is 5.02. The zero-order chi connectivity index (χ0) is 13.3. The maximum absolute atomic E-state index is 14.0. The predicted octanol–water partition coefficient (Wildman–Crippen LogP) is 1.51. The van der Waals surface area contributed by atoms with Gasteiger partial charge in [-0.1, -0.05) is 0 Å². The van der Waals surface area contributed by atoms with Crippen molar-refractivity contribution in [3.8, 4) is 0 Å². The third-order valence-electron chi connectivity index (χ3n) is 2.42. The standard InChI is InChI=1S/C11H18FNO4/c1-10(2,3)17-9(15)13-6-5-11(12,7-13)8(14)16-4/h5-7H2,1-4H3/t11-/m1/s1. The minimum Gasteiger partial charge on any atom is -0.467 e. The van der Waals surface area contributed by atoms with Crippen LogP contribution in [0, 0.1) is 0 Å². The largest absolute Gasteiger partial charge is 0.467 e. The molecule has 0 unspecified atom stereocenters. The first-order valence-electron chi connectivity index (χ1n) is 5.43. The molecule has 98 valence electrons. The van der Waals surface area contributed by atoms with Crippen LogP contribution in [0.5, 0.6) is 0 Å². The second-order valence-corrected chi connectivity index (χ2v) is 5.11. The summed E-state index contributed by atoms with van der Waals surface area (Å²) < 4.78 is 23.5. The van der Waals surface area contributed by atoms with Crippen LogP contribution in [0.2, 0.25) is 0 Å². The van der Waals surface area contributed by atoms with Crippen LogP contribution in [0.1, 0.15) is 27.2 Å². The highest BCUT2D eigenvalue weighted by atomic mass is 19.1. The molecule has 0 N–H and O–H groups in total. The fraction of sp³-hybridized carbons (Fsp3) is 0.818. The van der Waals surface area contributed by atoms with Crippen molar-refractivity contribution >= 4 is 12.1 Å². The van der Waals surface area contributed by atoms with Crippen molar-refractivity contribution < 1.29 is 23.5 Å². The summed E-state index contributed by atoms with van der Waals surface area (Å²) in [5.41, 5.74) is -2.74. The van der Waals surface area contributed by atoms with Gasteiger partial charge in [0.05, 0.1) is 13.7 Å². The Hall–Kier alpha value is -1.33. The van der Waals surface area contributed by atoms with Crippen LogP contribution in [0.4, 0.5) is 9.18 Å². The molecule has 1 aliphatic rings. The summed E-state index contributed by atoms with van der Waals surface area (Å²) in [6, 6.07) is 0. The van der Waals surface area contributed by atoms with E-state index in [2.05, 4.69) is 4.74 Å². The second-order valence-electron chi connectivity index (χ2n) is 5.11. The van der Waals surface area contributed by atoms with Gasteiger partial charge in [-0.2, -0.15) is 0 Å². The average Bonchev–Trinajstić information content (AvgIpc) is 2.58. The van der Waals surface area contributed by atoms with Gasteiger partial charge in [-0.3, -0.25) is 0 Å². The number of methoxy groups -OCH3 is 1. The van der Waals surface area contributed by atoms with Gasteiger partial charge in [0.2, 0.25) is 5.67 Å². The van der Waals surface area contributed by atoms with E-state index in [4.69, 9.17) is 4.74 Å². The molecule has 1 aliphatic heterocycles. The molecule has 5 nitrogen and oxygen atoms in total. The summed E-state index contributed by atoms with van der Waals surface area (Å²) in [7, 11) is 1.12. The van der Waals surface area contributed by atoms with E-state index in [1.54, 1.807) is 20.8 Å². The highest BCUT2D eigenvalue weighted by molar-refractivity contribution is 5.81. The average molecular weight is 247 g/mol. The molecule has 0 aromatic heterocycles. The Morgan fingerprint density at radius 2 is 1.94 bits per heavy atom. The monoisotopic (exact) mass is 247 g/mol. The molecule has 1 rings (SSSR count). The summed E-state index contributed by atoms with van der Waals surface area (Å²) in [4.78, 5) is 24.0. The number of halogens is 1. The summed E-state index contributed by atoms with van der Waals surface area (Å²) in [5, 5.41) is 0. The van der Waals surface area contributed by atoms with Gasteiger partial charge in [0.1, 0.15) is 5.60 Å². The maximum atomic E-state index is 14.0. The highest BCUT2D eigenvalue weighted by Crippen LogP contribution is 2.28. The van der Waals surface area contributed by atoms with Gasteiger partial charge in [0.25, 0.3) is 0 Å². The molecule has 0 aromatic carbocycles. The number of nitrogens with zero attached hydrogens (tertiary/aromatic N) is 1. The molecule has 6 heteroatoms. The lowest BCUT2D eigenvalue weighted by atomic mass is 10.1. The zero-order valence-corrected chi connectivity index (χ0v) is 10.6. The number of amides is 1. The van der Waals surface area contributed by atoms with Crippen molar-refractivity contribution in [2.45, 2.75) is 38.5 Å². The number of hydrogen-bond acceptors (Lipinski definition) is 4. The number of hydrogen-bond donors (Lipinski definition) is 0. The Balaban J connectivity index is 2.62. The van der Waals surface area contributed by atoms with Gasteiger partial charge >= 0.3 is 12.1 Å². The molecule has 0 radical (unpaired) electrons. The van der Waals surface area contributed by atoms with Crippen LogP contribution >= 0.6 is 0 Å². The molecule has 0 bridgehead atoms. The molecule has 1 heterocycles. The van der Waals surface area contributed by atoms with Gasteiger partial charge in [-0.25, -0.2) is 14.0 Å². The second kappa shape index (κ2) is 4.50. The number of ether oxygens (including phenoxy) is 2. The number of carbonyl (C=O) groups is 2. The quantitative estimate of drug-likeness (QED) is 0.659. The van der Waals surface area contributed by atoms with Crippen LogP contribution in [-0.4, -0.2) is 48.4 Å². The molecule has 0 saturated carbocycles. The summed E-state index contributed by atoms with van der Waals surface area (Å²) in [6.07, 6.45) is -0.667. The Bertz CT molecular complexity index is 326. The fourth-order valence-corrected chi connectivity index (χ4v) is 1.60. The molecule has 1 saturated heterocycles. The zero-order valence-electron chi connectivity index (χ0n) is 10.6. The van der Waals surface area contributed by atoms with Crippen molar-refractivity contribution in [3.05, 3.63) is 0 Å². The molecular weight excluding hydrogens is 229 g/mol. The van der Waals surface area contributed by atoms with E-state index in [1.807, 2.05) is 0 Å². The number of alkyl halides is 1. The van der Waals surface area contributed by atoms with Crippen molar-refractivity contribution in [3.63, 3.8) is 0 Å². The van der Waals surface area contributed by atoms with E-state index in [0.717, 1.165) is 7.11 Å². The first-order valence-corrected chi connectivity index (χ1v) is 5.43. The van der Waals surface area contributed by atoms with Crippen LogP contribution in [-0.2, 0) is 14.3 Å². The SMILES string of the molecule is COC(=O)[C@@]1(F)CCN(C(=O)OC(C)(C)C)C1. The number of rotatable bonds is 1. The molecule has 0 aliphatic carbocycles. The van der Waals surface area contributed by atoms with Crippen molar-refractivity contribution in [1.82, 2.24) is 4.90 Å². The summed E-state index contributed by atoms with van der Waals surface area (Å²) in [5.74, 6) is -0.941. The van der Waals surface area contributed by atoms with Crippen LogP contribution in [0.15, 0.2) is 0 Å². The highest BCUT2D eigenvalue weighted by Gasteiger charge is 2.48. The van der Waals surface area contributed by atoms with Crippen LogP contribution in [0.25, 0.3) is 0 Å². The third-order valence-corrected chi connectivity index (χ3v) is 2.42. The third kappa shape index (κ3) is 3.31. The lowest BCUT2D eigenvalue weighted by Crippen LogP contribution is -2.41. The van der Waals surface area contributed by atoms with E-state index in [1.165, 1.54) is 4.90 Å². The predicted molar refractivity (Wildman–Crippen MR) is 58.3 cm³/mol. The van der Waals surface area contributed by atoms with Crippen LogP contribution in [0.3, 0.4) is 0 Å².